The topological polar surface area (TPSA) is 20.2 Å². The van der Waals surface area contributed by atoms with E-state index >= 15 is 0 Å². The molecule has 12 heavy (non-hydrogen) atoms. The summed E-state index contributed by atoms with van der Waals surface area (Å²) in [6.45, 7) is 2.04. The van der Waals surface area contributed by atoms with Crippen molar-refractivity contribution in [2.24, 2.45) is 0 Å². The number of phenolic OH excluding ortho intramolecular Hbond substituents is 1. The Bertz CT molecular complexity index is 431. The van der Waals surface area contributed by atoms with E-state index in [0.29, 0.717) is 10.6 Å². The summed E-state index contributed by atoms with van der Waals surface area (Å²) >= 11 is 5.70. The lowest BCUT2D eigenvalue weighted by Gasteiger charge is -1.98. The molecule has 0 saturated carbocycles. The first kappa shape index (κ1) is 7.95. The average Bonchev–Trinajstić information content (AvgIpc) is 2.41. The van der Waals surface area contributed by atoms with Crippen LogP contribution in [0.3, 0.4) is 0 Å². The lowest BCUT2D eigenvalue weighted by molar-refractivity contribution is 0.470. The summed E-state index contributed by atoms with van der Waals surface area (Å²) in [6.07, 6.45) is 0. The average molecular weight is 196 g/mol. The van der Waals surface area contributed by atoms with Crippen LogP contribution in [0.1, 0.15) is 5.56 Å². The van der Waals surface area contributed by atoms with Gasteiger partial charge in [0, 0.05) is 4.90 Å². The third-order valence-electron chi connectivity index (χ3n) is 1.89. The quantitative estimate of drug-likeness (QED) is 0.620. The number of hydrogen-bond donors (Lipinski definition) is 2. The van der Waals surface area contributed by atoms with Crippen molar-refractivity contribution in [3.05, 3.63) is 23.1 Å². The fourth-order valence-electron chi connectivity index (χ4n) is 1.20. The molecule has 2 aromatic rings. The molecular weight excluding hydrogens is 188 g/mol. The molecule has 1 aromatic heterocycles. The second kappa shape index (κ2) is 2.68. The third-order valence-corrected chi connectivity index (χ3v) is 3.37. The minimum atomic E-state index is 0.300. The van der Waals surface area contributed by atoms with Gasteiger partial charge in [-0.2, -0.15) is 0 Å². The molecule has 1 nitrogen and oxygen atoms in total. The Morgan fingerprint density at radius 2 is 2.17 bits per heavy atom. The maximum absolute atomic E-state index is 9.61. The second-order valence-electron chi connectivity index (χ2n) is 2.73. The van der Waals surface area contributed by atoms with E-state index in [-0.39, 0.29) is 0 Å². The van der Waals surface area contributed by atoms with Gasteiger partial charge in [-0.1, -0.05) is 6.07 Å². The van der Waals surface area contributed by atoms with Crippen molar-refractivity contribution < 1.29 is 5.11 Å². The van der Waals surface area contributed by atoms with E-state index in [1.54, 1.807) is 11.3 Å². The molecule has 62 valence electrons. The van der Waals surface area contributed by atoms with Crippen LogP contribution in [0.4, 0.5) is 0 Å². The van der Waals surface area contributed by atoms with Crippen molar-refractivity contribution in [3.8, 4) is 5.75 Å². The van der Waals surface area contributed by atoms with Crippen LogP contribution in [0.15, 0.2) is 22.4 Å². The van der Waals surface area contributed by atoms with Gasteiger partial charge in [0.05, 0.1) is 4.70 Å². The summed E-state index contributed by atoms with van der Waals surface area (Å²) in [5.41, 5.74) is 1.21. The Morgan fingerprint density at radius 3 is 2.92 bits per heavy atom. The normalized spacial score (nSPS) is 10.8. The molecule has 0 aliphatic carbocycles. The molecule has 1 heterocycles. The predicted octanol–water partition coefficient (Wildman–Crippen LogP) is 3.20. The first-order chi connectivity index (χ1) is 5.70. The molecule has 0 amide bonds. The first-order valence-corrected chi connectivity index (χ1v) is 4.91. The number of phenols is 1. The highest BCUT2D eigenvalue weighted by Gasteiger charge is 2.06. The molecule has 2 rings (SSSR count). The Morgan fingerprint density at radius 1 is 1.42 bits per heavy atom. The van der Waals surface area contributed by atoms with Gasteiger partial charge in [0.15, 0.2) is 0 Å². The van der Waals surface area contributed by atoms with E-state index in [9.17, 15) is 5.11 Å². The van der Waals surface area contributed by atoms with Crippen LogP contribution in [0, 0.1) is 6.92 Å². The molecule has 0 unspecified atom stereocenters. The van der Waals surface area contributed by atoms with Gasteiger partial charge in [0.25, 0.3) is 0 Å². The second-order valence-corrected chi connectivity index (χ2v) is 4.09. The molecule has 0 spiro atoms. The van der Waals surface area contributed by atoms with E-state index in [0.717, 1.165) is 10.1 Å². The van der Waals surface area contributed by atoms with Crippen molar-refractivity contribution in [1.29, 1.82) is 0 Å². The molecule has 0 aliphatic rings. The summed E-state index contributed by atoms with van der Waals surface area (Å²) in [6, 6.07) is 3.81. The van der Waals surface area contributed by atoms with Gasteiger partial charge >= 0.3 is 0 Å². The van der Waals surface area contributed by atoms with Crippen LogP contribution in [-0.4, -0.2) is 5.11 Å². The summed E-state index contributed by atoms with van der Waals surface area (Å²) < 4.78 is 0.931. The zero-order valence-corrected chi connectivity index (χ0v) is 8.25. The Labute approximate surface area is 80.1 Å². The van der Waals surface area contributed by atoms with Gasteiger partial charge in [-0.05, 0) is 29.3 Å². The largest absolute Gasteiger partial charge is 0.505 e. The van der Waals surface area contributed by atoms with Crippen molar-refractivity contribution in [3.63, 3.8) is 0 Å². The molecule has 0 aliphatic heterocycles. The number of thiophene rings is 1. The molecule has 0 bridgehead atoms. The van der Waals surface area contributed by atoms with Crippen LogP contribution in [0.5, 0.6) is 5.75 Å². The van der Waals surface area contributed by atoms with E-state index in [4.69, 9.17) is 0 Å². The van der Waals surface area contributed by atoms with Crippen LogP contribution in [0.25, 0.3) is 10.1 Å². The molecule has 0 radical (unpaired) electrons. The zero-order chi connectivity index (χ0) is 8.72. The number of hydrogen-bond acceptors (Lipinski definition) is 3. The highest BCUT2D eigenvalue weighted by molar-refractivity contribution is 7.80. The zero-order valence-electron chi connectivity index (χ0n) is 6.53. The summed E-state index contributed by atoms with van der Waals surface area (Å²) in [7, 11) is 0. The number of benzene rings is 1. The number of fused-ring (bicyclic) bond motifs is 1. The Hall–Kier alpha value is -0.670. The van der Waals surface area contributed by atoms with Crippen molar-refractivity contribution in [1.82, 2.24) is 0 Å². The highest BCUT2D eigenvalue weighted by atomic mass is 32.1. The number of aryl methyl sites for hydroxylation is 1. The SMILES string of the molecule is Cc1csc2c(O)c(S)ccc12. The Balaban J connectivity index is 2.93. The van der Waals surface area contributed by atoms with Crippen molar-refractivity contribution in [2.45, 2.75) is 11.8 Å². The number of rotatable bonds is 0. The first-order valence-electron chi connectivity index (χ1n) is 3.59. The van der Waals surface area contributed by atoms with E-state index in [1.165, 1.54) is 5.56 Å². The fraction of sp³-hybridized carbons (Fsp3) is 0.111. The van der Waals surface area contributed by atoms with Crippen molar-refractivity contribution >= 4 is 34.1 Å². The molecule has 3 heteroatoms. The standard InChI is InChI=1S/C9H8OS2/c1-5-4-12-9-6(5)2-3-7(11)8(9)10/h2-4,10-11H,1H3. The Kier molecular flexibility index (Phi) is 1.77. The van der Waals surface area contributed by atoms with E-state index < -0.39 is 0 Å². The lowest BCUT2D eigenvalue weighted by Crippen LogP contribution is -1.71. The monoisotopic (exact) mass is 196 g/mol. The van der Waals surface area contributed by atoms with Crippen LogP contribution < -0.4 is 0 Å². The fourth-order valence-corrected chi connectivity index (χ4v) is 2.46. The molecule has 0 saturated heterocycles. The van der Waals surface area contributed by atoms with Crippen LogP contribution >= 0.6 is 24.0 Å². The van der Waals surface area contributed by atoms with Gasteiger partial charge < -0.3 is 5.11 Å². The molecule has 1 N–H and O–H groups in total. The molecule has 0 atom stereocenters. The van der Waals surface area contributed by atoms with Gasteiger partial charge in [-0.15, -0.1) is 24.0 Å². The lowest BCUT2D eigenvalue weighted by atomic mass is 10.2. The van der Waals surface area contributed by atoms with E-state index in [1.807, 2.05) is 24.4 Å². The maximum Gasteiger partial charge on any atom is 0.146 e. The summed E-state index contributed by atoms with van der Waals surface area (Å²) in [5.74, 6) is 0.300. The number of thiol groups is 1. The molecule has 1 aromatic carbocycles. The smallest absolute Gasteiger partial charge is 0.146 e. The summed E-state index contributed by atoms with van der Waals surface area (Å²) in [4.78, 5) is 0.643. The van der Waals surface area contributed by atoms with Gasteiger partial charge in [0.1, 0.15) is 5.75 Å². The molecular formula is C9H8OS2. The predicted molar refractivity (Wildman–Crippen MR) is 55.5 cm³/mol. The van der Waals surface area contributed by atoms with Crippen molar-refractivity contribution in [2.75, 3.05) is 0 Å². The summed E-state index contributed by atoms with van der Waals surface area (Å²) in [5, 5.41) is 12.8. The van der Waals surface area contributed by atoms with Gasteiger partial charge in [-0.25, -0.2) is 0 Å². The highest BCUT2D eigenvalue weighted by Crippen LogP contribution is 2.36. The van der Waals surface area contributed by atoms with Gasteiger partial charge in [-0.3, -0.25) is 0 Å². The molecule has 0 fully saturated rings. The van der Waals surface area contributed by atoms with Crippen LogP contribution in [-0.2, 0) is 0 Å². The third kappa shape index (κ3) is 1.01. The van der Waals surface area contributed by atoms with E-state index in [2.05, 4.69) is 12.6 Å². The maximum atomic E-state index is 9.61. The minimum Gasteiger partial charge on any atom is -0.505 e. The number of aromatic hydroxyl groups is 1. The van der Waals surface area contributed by atoms with Gasteiger partial charge in [0.2, 0.25) is 0 Å². The minimum absolute atomic E-state index is 0.300. The van der Waals surface area contributed by atoms with Crippen LogP contribution in [0.2, 0.25) is 0 Å².